The van der Waals surface area contributed by atoms with Crippen molar-refractivity contribution >= 4 is 15.9 Å². The van der Waals surface area contributed by atoms with Crippen LogP contribution in [0, 0.1) is 6.92 Å². The molecule has 0 heterocycles. The first-order valence-electron chi connectivity index (χ1n) is 8.72. The number of ether oxygens (including phenoxy) is 1. The molecule has 2 aromatic rings. The predicted octanol–water partition coefficient (Wildman–Crippen LogP) is 2.34. The number of benzene rings is 2. The van der Waals surface area contributed by atoms with Gasteiger partial charge in [-0.2, -0.15) is 4.31 Å². The maximum atomic E-state index is 12.3. The van der Waals surface area contributed by atoms with Crippen molar-refractivity contribution in [1.82, 2.24) is 9.62 Å². The summed E-state index contributed by atoms with van der Waals surface area (Å²) < 4.78 is 30.9. The zero-order valence-corrected chi connectivity index (χ0v) is 16.7. The van der Waals surface area contributed by atoms with E-state index < -0.39 is 10.0 Å². The van der Waals surface area contributed by atoms with Crippen LogP contribution in [0.2, 0.25) is 0 Å². The predicted molar refractivity (Wildman–Crippen MR) is 106 cm³/mol. The molecule has 7 heteroatoms. The molecule has 0 radical (unpaired) electrons. The molecule has 1 amide bonds. The molecule has 0 fully saturated rings. The van der Waals surface area contributed by atoms with Gasteiger partial charge < -0.3 is 10.1 Å². The first kappa shape index (κ1) is 20.9. The van der Waals surface area contributed by atoms with Crippen molar-refractivity contribution in [3.63, 3.8) is 0 Å². The van der Waals surface area contributed by atoms with E-state index in [1.165, 1.54) is 0 Å². The van der Waals surface area contributed by atoms with Gasteiger partial charge in [0.15, 0.2) is 0 Å². The number of nitrogens with one attached hydrogen (secondary N) is 1. The van der Waals surface area contributed by atoms with Crippen molar-refractivity contribution in [2.45, 2.75) is 26.4 Å². The van der Waals surface area contributed by atoms with Gasteiger partial charge in [0.25, 0.3) is 0 Å². The Kier molecular flexibility index (Phi) is 7.38. The van der Waals surface area contributed by atoms with Crippen molar-refractivity contribution in [3.8, 4) is 5.75 Å². The SMILES string of the molecule is Cc1ccc(CN(CC(=O)N[C@H](C)COc2ccccc2)S(C)(=O)=O)cc1. The largest absolute Gasteiger partial charge is 0.491 e. The summed E-state index contributed by atoms with van der Waals surface area (Å²) in [6.07, 6.45) is 1.11. The molecule has 0 saturated heterocycles. The molecule has 0 aliphatic carbocycles. The second kappa shape index (κ2) is 9.53. The highest BCUT2D eigenvalue weighted by Crippen LogP contribution is 2.10. The molecular formula is C20H26N2O4S. The molecule has 0 bridgehead atoms. The summed E-state index contributed by atoms with van der Waals surface area (Å²) >= 11 is 0. The van der Waals surface area contributed by atoms with Crippen LogP contribution in [0.3, 0.4) is 0 Å². The molecule has 146 valence electrons. The van der Waals surface area contributed by atoms with Gasteiger partial charge in [0, 0.05) is 6.54 Å². The van der Waals surface area contributed by atoms with E-state index in [-0.39, 0.29) is 25.0 Å². The molecular weight excluding hydrogens is 364 g/mol. The normalized spacial score (nSPS) is 12.6. The van der Waals surface area contributed by atoms with Crippen molar-refractivity contribution in [1.29, 1.82) is 0 Å². The van der Waals surface area contributed by atoms with E-state index in [0.29, 0.717) is 6.61 Å². The summed E-state index contributed by atoms with van der Waals surface area (Å²) in [5.74, 6) is 0.354. The van der Waals surface area contributed by atoms with Gasteiger partial charge in [0.1, 0.15) is 12.4 Å². The Balaban J connectivity index is 1.90. The molecule has 0 spiro atoms. The number of para-hydroxylation sites is 1. The Morgan fingerprint density at radius 1 is 1.11 bits per heavy atom. The number of hydrogen-bond donors (Lipinski definition) is 1. The second-order valence-corrected chi connectivity index (χ2v) is 8.59. The maximum Gasteiger partial charge on any atom is 0.235 e. The third-order valence-electron chi connectivity index (χ3n) is 3.92. The first-order chi connectivity index (χ1) is 12.7. The van der Waals surface area contributed by atoms with Crippen LogP contribution in [0.5, 0.6) is 5.75 Å². The molecule has 0 aromatic heterocycles. The molecule has 1 N–H and O–H groups in total. The van der Waals surface area contributed by atoms with Gasteiger partial charge in [0.05, 0.1) is 18.8 Å². The summed E-state index contributed by atoms with van der Waals surface area (Å²) in [4.78, 5) is 12.3. The van der Waals surface area contributed by atoms with E-state index in [9.17, 15) is 13.2 Å². The quantitative estimate of drug-likeness (QED) is 0.713. The lowest BCUT2D eigenvalue weighted by molar-refractivity contribution is -0.122. The van der Waals surface area contributed by atoms with Gasteiger partial charge >= 0.3 is 0 Å². The van der Waals surface area contributed by atoms with E-state index in [2.05, 4.69) is 5.32 Å². The van der Waals surface area contributed by atoms with E-state index in [1.54, 1.807) is 0 Å². The van der Waals surface area contributed by atoms with Crippen LogP contribution in [-0.4, -0.2) is 44.1 Å². The highest BCUT2D eigenvalue weighted by Gasteiger charge is 2.21. The summed E-state index contributed by atoms with van der Waals surface area (Å²) in [5, 5.41) is 2.78. The number of carbonyl (C=O) groups excluding carboxylic acids is 1. The fraction of sp³-hybridized carbons (Fsp3) is 0.350. The number of aryl methyl sites for hydroxylation is 1. The minimum atomic E-state index is -3.52. The summed E-state index contributed by atoms with van der Waals surface area (Å²) in [6.45, 7) is 3.99. The van der Waals surface area contributed by atoms with Crippen LogP contribution >= 0.6 is 0 Å². The summed E-state index contributed by atoms with van der Waals surface area (Å²) in [7, 11) is -3.52. The molecule has 6 nitrogen and oxygen atoms in total. The molecule has 1 atom stereocenters. The monoisotopic (exact) mass is 390 g/mol. The Morgan fingerprint density at radius 2 is 1.74 bits per heavy atom. The maximum absolute atomic E-state index is 12.3. The average molecular weight is 391 g/mol. The number of rotatable bonds is 9. The Morgan fingerprint density at radius 3 is 2.33 bits per heavy atom. The standard InChI is InChI=1S/C20H26N2O4S/c1-16-9-11-18(12-10-16)13-22(27(3,24)25)14-20(23)21-17(2)15-26-19-7-5-4-6-8-19/h4-12,17H,13-15H2,1-3H3,(H,21,23)/t17-/m1/s1. The molecule has 27 heavy (non-hydrogen) atoms. The van der Waals surface area contributed by atoms with Crippen LogP contribution < -0.4 is 10.1 Å². The lowest BCUT2D eigenvalue weighted by Crippen LogP contribution is -2.44. The summed E-state index contributed by atoms with van der Waals surface area (Å²) in [6, 6.07) is 16.6. The average Bonchev–Trinajstić information content (AvgIpc) is 2.61. The van der Waals surface area contributed by atoms with E-state index in [1.807, 2.05) is 68.4 Å². The van der Waals surface area contributed by atoms with Gasteiger partial charge in [-0.1, -0.05) is 48.0 Å². The van der Waals surface area contributed by atoms with Crippen LogP contribution in [0.1, 0.15) is 18.1 Å². The van der Waals surface area contributed by atoms with Crippen molar-refractivity contribution in [2.75, 3.05) is 19.4 Å². The number of nitrogens with zero attached hydrogens (tertiary/aromatic N) is 1. The molecule has 0 aliphatic rings. The first-order valence-corrected chi connectivity index (χ1v) is 10.6. The molecule has 0 unspecified atom stereocenters. The number of sulfonamides is 1. The molecule has 0 aliphatic heterocycles. The van der Waals surface area contributed by atoms with E-state index in [0.717, 1.165) is 27.4 Å². The Hall–Kier alpha value is -2.38. The fourth-order valence-corrected chi connectivity index (χ4v) is 3.18. The third-order valence-corrected chi connectivity index (χ3v) is 5.12. The minimum absolute atomic E-state index is 0.154. The Labute approximate surface area is 161 Å². The molecule has 0 saturated carbocycles. The van der Waals surface area contributed by atoms with Crippen molar-refractivity contribution < 1.29 is 17.9 Å². The highest BCUT2D eigenvalue weighted by atomic mass is 32.2. The van der Waals surface area contributed by atoms with E-state index >= 15 is 0 Å². The van der Waals surface area contributed by atoms with Crippen molar-refractivity contribution in [2.24, 2.45) is 0 Å². The number of amides is 1. The smallest absolute Gasteiger partial charge is 0.235 e. The van der Waals surface area contributed by atoms with Gasteiger partial charge in [0.2, 0.25) is 15.9 Å². The van der Waals surface area contributed by atoms with Crippen LogP contribution in [0.25, 0.3) is 0 Å². The zero-order valence-electron chi connectivity index (χ0n) is 15.9. The summed E-state index contributed by atoms with van der Waals surface area (Å²) in [5.41, 5.74) is 1.92. The van der Waals surface area contributed by atoms with Crippen LogP contribution in [-0.2, 0) is 21.4 Å². The Bertz CT molecular complexity index is 836. The van der Waals surface area contributed by atoms with Gasteiger partial charge in [-0.25, -0.2) is 8.42 Å². The lowest BCUT2D eigenvalue weighted by Gasteiger charge is -2.21. The van der Waals surface area contributed by atoms with Crippen LogP contribution in [0.15, 0.2) is 54.6 Å². The van der Waals surface area contributed by atoms with E-state index in [4.69, 9.17) is 4.74 Å². The zero-order chi connectivity index (χ0) is 19.9. The second-order valence-electron chi connectivity index (χ2n) is 6.61. The fourth-order valence-electron chi connectivity index (χ4n) is 2.45. The van der Waals surface area contributed by atoms with Gasteiger partial charge in [-0.3, -0.25) is 4.79 Å². The van der Waals surface area contributed by atoms with Crippen molar-refractivity contribution in [3.05, 3.63) is 65.7 Å². The number of carbonyl (C=O) groups is 1. The molecule has 2 rings (SSSR count). The lowest BCUT2D eigenvalue weighted by atomic mass is 10.1. The third kappa shape index (κ3) is 7.40. The van der Waals surface area contributed by atoms with Gasteiger partial charge in [-0.05, 0) is 31.5 Å². The molecule has 2 aromatic carbocycles. The minimum Gasteiger partial charge on any atom is -0.491 e. The van der Waals surface area contributed by atoms with Gasteiger partial charge in [-0.15, -0.1) is 0 Å². The number of hydrogen-bond acceptors (Lipinski definition) is 4. The topological polar surface area (TPSA) is 75.7 Å². The van der Waals surface area contributed by atoms with Crippen LogP contribution in [0.4, 0.5) is 0 Å². The highest BCUT2D eigenvalue weighted by molar-refractivity contribution is 7.88.